The number of hydrogen-bond acceptors (Lipinski definition) is 2. The molecule has 0 aliphatic carbocycles. The highest BCUT2D eigenvalue weighted by Crippen LogP contribution is 1.97. The van der Waals surface area contributed by atoms with Crippen LogP contribution in [0.5, 0.6) is 0 Å². The molecule has 0 rings (SSSR count). The fourth-order valence-corrected chi connectivity index (χ4v) is 3.09. The highest BCUT2D eigenvalue weighted by atomic mass is 127. The van der Waals surface area contributed by atoms with Gasteiger partial charge in [0.05, 0.1) is 0 Å². The van der Waals surface area contributed by atoms with Crippen LogP contribution in [-0.4, -0.2) is 20.0 Å². The molecule has 0 aromatic carbocycles. The topological polar surface area (TPSA) is 18.5 Å². The molecule has 0 aromatic heterocycles. The molecule has 0 heterocycles. The van der Waals surface area contributed by atoms with Crippen LogP contribution in [-0.2, 0) is 8.85 Å². The molecule has 0 unspecified atom stereocenters. The molecule has 0 amide bonds. The first-order valence-corrected chi connectivity index (χ1v) is 7.80. The minimum absolute atomic E-state index is 0.778. The van der Waals surface area contributed by atoms with Crippen LogP contribution < -0.4 is 0 Å². The summed E-state index contributed by atoms with van der Waals surface area (Å²) in [5, 5.41) is 0. The van der Waals surface area contributed by atoms with Gasteiger partial charge in [-0.05, 0) is 13.8 Å². The zero-order chi connectivity index (χ0) is 6.41. The molecule has 2 nitrogen and oxygen atoms in total. The van der Waals surface area contributed by atoms with E-state index < -0.39 is 6.78 Å². The highest BCUT2D eigenvalue weighted by Gasteiger charge is 2.02. The lowest BCUT2D eigenvalue weighted by Gasteiger charge is -2.05. The Hall–Kier alpha value is 0.867. The lowest BCUT2D eigenvalue weighted by molar-refractivity contribution is 0.237. The van der Waals surface area contributed by atoms with E-state index in [1.807, 2.05) is 13.8 Å². The first-order chi connectivity index (χ1) is 3.81. The average molecular weight is 246 g/mol. The quantitative estimate of drug-likeness (QED) is 0.421. The van der Waals surface area contributed by atoms with Crippen molar-refractivity contribution in [1.82, 2.24) is 0 Å². The van der Waals surface area contributed by atoms with Crippen LogP contribution in [0.15, 0.2) is 0 Å². The van der Waals surface area contributed by atoms with E-state index in [0.717, 1.165) is 13.2 Å². The number of halogens is 1. The van der Waals surface area contributed by atoms with Crippen molar-refractivity contribution in [3.05, 3.63) is 0 Å². The Kier molecular flexibility index (Phi) is 6.64. The van der Waals surface area contributed by atoms with Crippen molar-refractivity contribution < 1.29 is 8.85 Å². The molecule has 0 bridgehead atoms. The molecular formula is C4H11IO2Si. The van der Waals surface area contributed by atoms with Crippen molar-refractivity contribution in [2.24, 2.45) is 0 Å². The maximum Gasteiger partial charge on any atom is 0.391 e. The van der Waals surface area contributed by atoms with Crippen molar-refractivity contribution in [3.8, 4) is 0 Å². The first kappa shape index (κ1) is 8.87. The molecule has 0 fully saturated rings. The summed E-state index contributed by atoms with van der Waals surface area (Å²) < 4.78 is 10.4. The van der Waals surface area contributed by atoms with Gasteiger partial charge in [-0.2, -0.15) is 0 Å². The maximum absolute atomic E-state index is 5.19. The van der Waals surface area contributed by atoms with Gasteiger partial charge in [-0.3, -0.25) is 0 Å². The smallest absolute Gasteiger partial charge is 0.390 e. The van der Waals surface area contributed by atoms with Gasteiger partial charge in [0.1, 0.15) is 0 Å². The predicted octanol–water partition coefficient (Wildman–Crippen LogP) is 1.21. The van der Waals surface area contributed by atoms with E-state index in [0.29, 0.717) is 0 Å². The average Bonchev–Trinajstić information content (AvgIpc) is 1.68. The Morgan fingerprint density at radius 3 is 1.88 bits per heavy atom. The molecule has 8 heavy (non-hydrogen) atoms. The largest absolute Gasteiger partial charge is 0.391 e. The van der Waals surface area contributed by atoms with Gasteiger partial charge < -0.3 is 8.85 Å². The number of rotatable bonds is 4. The van der Waals surface area contributed by atoms with E-state index in [1.54, 1.807) is 0 Å². The third-order valence-corrected chi connectivity index (χ3v) is 3.94. The van der Waals surface area contributed by atoms with E-state index in [-0.39, 0.29) is 0 Å². The van der Waals surface area contributed by atoms with Gasteiger partial charge in [0.2, 0.25) is 0 Å². The summed E-state index contributed by atoms with van der Waals surface area (Å²) in [5.41, 5.74) is 0. The molecule has 0 saturated carbocycles. The van der Waals surface area contributed by atoms with Crippen LogP contribution in [0, 0.1) is 0 Å². The Labute approximate surface area is 64.6 Å². The minimum atomic E-state index is -1.23. The summed E-state index contributed by atoms with van der Waals surface area (Å²) >= 11 is 2.24. The lowest BCUT2D eigenvalue weighted by atomic mass is 10.9. The van der Waals surface area contributed by atoms with E-state index in [4.69, 9.17) is 8.85 Å². The van der Waals surface area contributed by atoms with Crippen LogP contribution in [0.3, 0.4) is 0 Å². The summed E-state index contributed by atoms with van der Waals surface area (Å²) in [6.07, 6.45) is 0. The van der Waals surface area contributed by atoms with Gasteiger partial charge >= 0.3 is 6.78 Å². The standard InChI is InChI=1S/C4H11IO2Si/c1-3-6-8(5)7-4-2/h8H,3-4H2,1-2H3. The SMILES string of the molecule is CCO[SiH](I)OCC. The molecule has 0 saturated heterocycles. The summed E-state index contributed by atoms with van der Waals surface area (Å²) in [6.45, 7) is 4.29. The van der Waals surface area contributed by atoms with Gasteiger partial charge in [-0.25, -0.2) is 0 Å². The van der Waals surface area contributed by atoms with Gasteiger partial charge in [-0.1, -0.05) is 21.8 Å². The monoisotopic (exact) mass is 246 g/mol. The molecule has 0 spiro atoms. The zero-order valence-corrected chi connectivity index (χ0v) is 8.50. The van der Waals surface area contributed by atoms with Crippen LogP contribution in [0.1, 0.15) is 13.8 Å². The molecule has 50 valence electrons. The molecule has 0 radical (unpaired) electrons. The van der Waals surface area contributed by atoms with Crippen LogP contribution in [0.4, 0.5) is 0 Å². The summed E-state index contributed by atoms with van der Waals surface area (Å²) in [4.78, 5) is 0. The summed E-state index contributed by atoms with van der Waals surface area (Å²) in [5.74, 6) is 0. The summed E-state index contributed by atoms with van der Waals surface area (Å²) in [7, 11) is 0. The second-order valence-corrected chi connectivity index (χ2v) is 5.45. The van der Waals surface area contributed by atoms with Crippen LogP contribution in [0.25, 0.3) is 0 Å². The van der Waals surface area contributed by atoms with Crippen LogP contribution in [0.2, 0.25) is 0 Å². The Bertz CT molecular complexity index is 47.3. The predicted molar refractivity (Wildman–Crippen MR) is 44.4 cm³/mol. The minimum Gasteiger partial charge on any atom is -0.390 e. The van der Waals surface area contributed by atoms with Gasteiger partial charge in [-0.15, -0.1) is 0 Å². The summed E-state index contributed by atoms with van der Waals surface area (Å²) in [6, 6.07) is 0. The Morgan fingerprint density at radius 1 is 1.25 bits per heavy atom. The molecule has 0 atom stereocenters. The van der Waals surface area contributed by atoms with E-state index in [1.165, 1.54) is 0 Å². The first-order valence-electron chi connectivity index (χ1n) is 2.68. The van der Waals surface area contributed by atoms with Crippen molar-refractivity contribution in [1.29, 1.82) is 0 Å². The van der Waals surface area contributed by atoms with Gasteiger partial charge in [0.15, 0.2) is 0 Å². The van der Waals surface area contributed by atoms with Gasteiger partial charge in [0, 0.05) is 13.2 Å². The van der Waals surface area contributed by atoms with E-state index in [9.17, 15) is 0 Å². The molecule has 4 heteroatoms. The Morgan fingerprint density at radius 2 is 1.62 bits per heavy atom. The molecule has 0 N–H and O–H groups in total. The maximum atomic E-state index is 5.19. The van der Waals surface area contributed by atoms with Gasteiger partial charge in [0.25, 0.3) is 0 Å². The third kappa shape index (κ3) is 5.01. The number of hydrogen-bond donors (Lipinski definition) is 0. The normalized spacial score (nSPS) is 10.5. The zero-order valence-electron chi connectivity index (χ0n) is 5.19. The van der Waals surface area contributed by atoms with Crippen molar-refractivity contribution in [3.63, 3.8) is 0 Å². The van der Waals surface area contributed by atoms with Crippen LogP contribution >= 0.6 is 21.8 Å². The fraction of sp³-hybridized carbons (Fsp3) is 1.00. The van der Waals surface area contributed by atoms with E-state index in [2.05, 4.69) is 21.8 Å². The Balaban J connectivity index is 2.92. The molecule has 0 aromatic rings. The van der Waals surface area contributed by atoms with Crippen molar-refractivity contribution >= 4 is 28.6 Å². The van der Waals surface area contributed by atoms with Crippen molar-refractivity contribution in [2.75, 3.05) is 13.2 Å². The molecular weight excluding hydrogens is 235 g/mol. The fourth-order valence-electron chi connectivity index (χ4n) is 0.310. The van der Waals surface area contributed by atoms with Crippen molar-refractivity contribution in [2.45, 2.75) is 13.8 Å². The lowest BCUT2D eigenvalue weighted by Crippen LogP contribution is -2.14. The second-order valence-electron chi connectivity index (χ2n) is 1.19. The second kappa shape index (κ2) is 5.99. The highest BCUT2D eigenvalue weighted by molar-refractivity contribution is 14.1. The third-order valence-electron chi connectivity index (χ3n) is 0.595. The van der Waals surface area contributed by atoms with E-state index >= 15 is 0 Å². The molecule has 0 aliphatic heterocycles. The molecule has 0 aliphatic rings.